The monoisotopic (exact) mass is 782 g/mol. The molecule has 6 atom stereocenters. The van der Waals surface area contributed by atoms with Crippen molar-refractivity contribution in [3.8, 4) is 0 Å². The van der Waals surface area contributed by atoms with Crippen LogP contribution in [0.1, 0.15) is 66.2 Å². The molecule has 0 aromatic heterocycles. The molecule has 0 heterocycles. The number of alkyl halides is 8. The van der Waals surface area contributed by atoms with E-state index < -0.39 is 51.1 Å². The number of hydrogen-bond donors (Lipinski definition) is 0. The third-order valence-electron chi connectivity index (χ3n) is 7.55. The molecule has 0 unspecified atom stereocenters. The van der Waals surface area contributed by atoms with Crippen LogP contribution < -0.4 is 10.4 Å². The Morgan fingerprint density at radius 1 is 0.727 bits per heavy atom. The molecule has 44 heavy (non-hydrogen) atoms. The molecule has 0 aliphatic heterocycles. The number of hydrogen-bond acceptors (Lipinski definition) is 3. The van der Waals surface area contributed by atoms with Gasteiger partial charge in [-0.2, -0.15) is 0 Å². The first-order chi connectivity index (χ1) is 20.5. The number of carbonyl (C=O) groups is 1. The Kier molecular flexibility index (Phi) is 17.4. The highest BCUT2D eigenvalue weighted by molar-refractivity contribution is 6.99. The Labute approximate surface area is 304 Å². The number of esters is 1. The van der Waals surface area contributed by atoms with Crippen LogP contribution in [-0.4, -0.2) is 57.7 Å². The van der Waals surface area contributed by atoms with E-state index in [9.17, 15) is 4.79 Å². The topological polar surface area (TPSA) is 35.5 Å². The third kappa shape index (κ3) is 11.5. The van der Waals surface area contributed by atoms with Gasteiger partial charge in [-0.15, -0.1) is 58.0 Å². The second-order valence-corrected chi connectivity index (χ2v) is 21.3. The Bertz CT molecular complexity index is 1070. The lowest BCUT2D eigenvalue weighted by molar-refractivity contribution is -0.148. The molecule has 3 nitrogen and oxygen atoms in total. The molecule has 0 aliphatic rings. The van der Waals surface area contributed by atoms with Crippen molar-refractivity contribution < 1.29 is 14.0 Å². The number of carbonyl (C=O) groups excluding carboxylic acids is 1. The average Bonchev–Trinajstić information content (AvgIpc) is 2.97. The molecule has 0 bridgehead atoms. The van der Waals surface area contributed by atoms with Crippen molar-refractivity contribution in [2.45, 2.75) is 108 Å². The maximum absolute atomic E-state index is 12.2. The minimum atomic E-state index is -2.52. The molecule has 0 radical (unpaired) electrons. The van der Waals surface area contributed by atoms with E-state index in [4.69, 9.17) is 102 Å². The molecular formula is C32H42Cl8O3Si. The number of halogens is 8. The summed E-state index contributed by atoms with van der Waals surface area (Å²) in [5.74, 6) is -1.12. The first-order valence-corrected chi connectivity index (χ1v) is 20.0. The van der Waals surface area contributed by atoms with Gasteiger partial charge in [0, 0.05) is 6.61 Å². The summed E-state index contributed by atoms with van der Waals surface area (Å²) in [6.07, 6.45) is 4.35. The normalized spacial score (nSPS) is 16.9. The van der Waals surface area contributed by atoms with Crippen LogP contribution in [0.3, 0.4) is 0 Å². The molecule has 2 rings (SSSR count). The van der Waals surface area contributed by atoms with Crippen LogP contribution in [0.5, 0.6) is 0 Å². The van der Waals surface area contributed by atoms with Gasteiger partial charge in [-0.05, 0) is 35.2 Å². The third-order valence-corrected chi connectivity index (χ3v) is 15.9. The summed E-state index contributed by atoms with van der Waals surface area (Å²) in [6.45, 7) is 9.19. The summed E-state index contributed by atoms with van der Waals surface area (Å²) in [5.41, 5.74) is 0. The second-order valence-electron chi connectivity index (χ2n) is 12.0. The highest BCUT2D eigenvalue weighted by Crippen LogP contribution is 2.37. The highest BCUT2D eigenvalue weighted by atomic mass is 35.6. The van der Waals surface area contributed by atoms with Crippen LogP contribution in [0.15, 0.2) is 60.7 Å². The van der Waals surface area contributed by atoms with E-state index in [2.05, 4.69) is 81.4 Å². The maximum atomic E-state index is 12.2. The molecule has 0 saturated heterocycles. The summed E-state index contributed by atoms with van der Waals surface area (Å²) < 4.78 is 10.0. The molecule has 2 aromatic carbocycles. The Morgan fingerprint density at radius 2 is 1.20 bits per heavy atom. The van der Waals surface area contributed by atoms with Crippen molar-refractivity contribution in [2.75, 3.05) is 6.61 Å². The zero-order valence-corrected chi connectivity index (χ0v) is 32.5. The summed E-state index contributed by atoms with van der Waals surface area (Å²) in [5, 5.41) is -1.21. The first-order valence-electron chi connectivity index (χ1n) is 14.8. The number of unbranched alkanes of at least 4 members (excludes halogenated alkanes) is 4. The van der Waals surface area contributed by atoms with E-state index in [1.165, 1.54) is 10.4 Å². The van der Waals surface area contributed by atoms with Crippen molar-refractivity contribution in [3.05, 3.63) is 60.7 Å². The first kappa shape index (κ1) is 40.6. The van der Waals surface area contributed by atoms with E-state index >= 15 is 0 Å². The summed E-state index contributed by atoms with van der Waals surface area (Å²) >= 11 is 49.4. The van der Waals surface area contributed by atoms with Gasteiger partial charge in [-0.25, -0.2) is 4.79 Å². The van der Waals surface area contributed by atoms with Crippen LogP contribution in [0.2, 0.25) is 5.04 Å². The molecule has 0 spiro atoms. The van der Waals surface area contributed by atoms with Gasteiger partial charge in [0.1, 0.15) is 6.10 Å². The van der Waals surface area contributed by atoms with Gasteiger partial charge in [0.25, 0.3) is 12.1 Å². The highest BCUT2D eigenvalue weighted by Gasteiger charge is 2.50. The number of ether oxygens (including phenoxy) is 1. The minimum Gasteiger partial charge on any atom is -0.456 e. The second kappa shape index (κ2) is 18.8. The summed E-state index contributed by atoms with van der Waals surface area (Å²) in [4.78, 5) is 12.2. The van der Waals surface area contributed by atoms with Crippen LogP contribution in [-0.2, 0) is 14.0 Å². The molecule has 0 saturated carbocycles. The molecule has 0 aliphatic carbocycles. The quantitative estimate of drug-likeness (QED) is 0.0694. The van der Waals surface area contributed by atoms with Crippen LogP contribution in [0, 0.1) is 0 Å². The van der Waals surface area contributed by atoms with Crippen molar-refractivity contribution in [2.24, 2.45) is 0 Å². The van der Waals surface area contributed by atoms with Crippen molar-refractivity contribution in [1.29, 1.82) is 0 Å². The summed E-state index contributed by atoms with van der Waals surface area (Å²) in [7, 11) is -2.52. The molecule has 0 N–H and O–H groups in total. The van der Waals surface area contributed by atoms with Crippen molar-refractivity contribution >= 4 is 117 Å². The fourth-order valence-electron chi connectivity index (χ4n) is 5.26. The molecule has 0 fully saturated rings. The summed E-state index contributed by atoms with van der Waals surface area (Å²) in [6, 6.07) is 21.3. The van der Waals surface area contributed by atoms with E-state index in [0.29, 0.717) is 13.0 Å². The van der Waals surface area contributed by atoms with Crippen molar-refractivity contribution in [3.63, 3.8) is 0 Å². The standard InChI is InChI=1S/C32H42Cl8O3Si/c1-22(33)26(35)29(43-30(41)32(38,39)40)28(37)27(36)25(34)20-14-6-5-7-15-21-42-44(31(2,3)4,23-16-10-8-11-17-23)24-18-12-9-13-19-24/h8-13,16-19,22,25-29H,5-7,14-15,20-21H2,1-4H3/t22-,25+,26-,27-,28+,29+/m0/s1. The van der Waals surface area contributed by atoms with Gasteiger partial charge in [-0.1, -0.05) is 142 Å². The number of rotatable bonds is 17. The predicted octanol–water partition coefficient (Wildman–Crippen LogP) is 10.2. The Morgan fingerprint density at radius 3 is 1.66 bits per heavy atom. The SMILES string of the molecule is C[C@H](Cl)[C@H](Cl)[C@@H](OC(=O)C(Cl)(Cl)Cl)[C@H](Cl)[C@@H](Cl)[C@H](Cl)CCCCCCCO[Si](c1ccccc1)(c1ccccc1)C(C)(C)C. The van der Waals surface area contributed by atoms with Gasteiger partial charge >= 0.3 is 5.97 Å². The largest absolute Gasteiger partial charge is 0.456 e. The molecule has 248 valence electrons. The predicted molar refractivity (Wildman–Crippen MR) is 195 cm³/mol. The molecule has 12 heteroatoms. The van der Waals surface area contributed by atoms with Gasteiger partial charge in [-0.3, -0.25) is 0 Å². The smallest absolute Gasteiger partial charge is 0.358 e. The van der Waals surface area contributed by atoms with Gasteiger partial charge in [0.15, 0.2) is 0 Å². The zero-order valence-electron chi connectivity index (χ0n) is 25.4. The molecule has 0 amide bonds. The Hall–Kier alpha value is 0.407. The zero-order chi connectivity index (χ0) is 33.1. The fourth-order valence-corrected chi connectivity index (χ4v) is 11.5. The van der Waals surface area contributed by atoms with Crippen molar-refractivity contribution in [1.82, 2.24) is 0 Å². The van der Waals surface area contributed by atoms with E-state index in [1.54, 1.807) is 6.92 Å². The van der Waals surface area contributed by atoms with Crippen LogP contribution in [0.25, 0.3) is 0 Å². The molecular weight excluding hydrogens is 744 g/mol. The maximum Gasteiger partial charge on any atom is 0.358 e. The Balaban J connectivity index is 1.89. The molecule has 2 aromatic rings. The fraction of sp³-hybridized carbons (Fsp3) is 0.594. The van der Waals surface area contributed by atoms with Crippen LogP contribution in [0.4, 0.5) is 0 Å². The lowest BCUT2D eigenvalue weighted by Gasteiger charge is -2.43. The van der Waals surface area contributed by atoms with Gasteiger partial charge in [0.2, 0.25) is 0 Å². The van der Waals surface area contributed by atoms with E-state index in [0.717, 1.165) is 32.1 Å². The minimum absolute atomic E-state index is 0.0485. The van der Waals surface area contributed by atoms with E-state index in [1.807, 2.05) is 0 Å². The van der Waals surface area contributed by atoms with E-state index in [-0.39, 0.29) is 5.04 Å². The van der Waals surface area contributed by atoms with Gasteiger partial charge in [0.05, 0.1) is 26.9 Å². The number of benzene rings is 2. The van der Waals surface area contributed by atoms with Gasteiger partial charge < -0.3 is 9.16 Å². The lowest BCUT2D eigenvalue weighted by atomic mass is 10.0. The van der Waals surface area contributed by atoms with Crippen LogP contribution >= 0.6 is 92.8 Å². The average molecular weight is 786 g/mol. The lowest BCUT2D eigenvalue weighted by Crippen LogP contribution is -2.66.